The monoisotopic (exact) mass is 385 g/mol. The molecule has 0 spiro atoms. The maximum absolute atomic E-state index is 12.8. The molecule has 0 aromatic heterocycles. The minimum atomic E-state index is -3.26. The summed E-state index contributed by atoms with van der Waals surface area (Å²) in [5.74, 6) is 0.607. The average Bonchev–Trinajstić information content (AvgIpc) is 2.65. The Morgan fingerprint density at radius 3 is 2.74 bits per heavy atom. The van der Waals surface area contributed by atoms with Gasteiger partial charge in [0, 0.05) is 30.1 Å². The van der Waals surface area contributed by atoms with E-state index in [1.165, 1.54) is 12.3 Å². The number of hydrogen-bond donors (Lipinski definition) is 0. The zero-order valence-corrected chi connectivity index (χ0v) is 16.3. The van der Waals surface area contributed by atoms with Crippen LogP contribution in [0.3, 0.4) is 0 Å². The molecule has 0 N–H and O–H groups in total. The average molecular weight is 385 g/mol. The molecule has 0 radical (unpaired) electrons. The SMILES string of the molecule is CCOc1ccccc1/C=C/C(=O)N1CCCc2cc(S(C)(=O)=O)ccc21. The van der Waals surface area contributed by atoms with Gasteiger partial charge in [-0.25, -0.2) is 8.42 Å². The van der Waals surface area contributed by atoms with Crippen molar-refractivity contribution in [2.45, 2.75) is 24.7 Å². The van der Waals surface area contributed by atoms with Crippen molar-refractivity contribution in [2.75, 3.05) is 24.3 Å². The summed E-state index contributed by atoms with van der Waals surface area (Å²) in [4.78, 5) is 14.8. The fraction of sp³-hybridized carbons (Fsp3) is 0.286. The third kappa shape index (κ3) is 4.39. The van der Waals surface area contributed by atoms with Gasteiger partial charge in [0.1, 0.15) is 5.75 Å². The normalized spacial score (nSPS) is 14.2. The highest BCUT2D eigenvalue weighted by molar-refractivity contribution is 7.90. The second-order valence-electron chi connectivity index (χ2n) is 6.46. The van der Waals surface area contributed by atoms with Crippen molar-refractivity contribution in [1.82, 2.24) is 0 Å². The van der Waals surface area contributed by atoms with Crippen LogP contribution in [-0.2, 0) is 21.1 Å². The van der Waals surface area contributed by atoms with Gasteiger partial charge in [0.05, 0.1) is 11.5 Å². The highest BCUT2D eigenvalue weighted by Gasteiger charge is 2.22. The third-order valence-corrected chi connectivity index (χ3v) is 5.60. The van der Waals surface area contributed by atoms with Crippen LogP contribution in [0.25, 0.3) is 6.08 Å². The van der Waals surface area contributed by atoms with Crippen LogP contribution in [-0.4, -0.2) is 33.7 Å². The molecule has 1 amide bonds. The molecule has 142 valence electrons. The van der Waals surface area contributed by atoms with Crippen LogP contribution in [0.1, 0.15) is 24.5 Å². The van der Waals surface area contributed by atoms with E-state index in [9.17, 15) is 13.2 Å². The lowest BCUT2D eigenvalue weighted by atomic mass is 10.0. The number of aryl methyl sites for hydroxylation is 1. The number of ether oxygens (including phenoxy) is 1. The van der Waals surface area contributed by atoms with E-state index in [0.717, 1.165) is 35.4 Å². The number of rotatable bonds is 5. The van der Waals surface area contributed by atoms with Gasteiger partial charge in [-0.05, 0) is 55.7 Å². The molecule has 3 rings (SSSR count). The van der Waals surface area contributed by atoms with E-state index in [1.54, 1.807) is 29.2 Å². The molecule has 0 fully saturated rings. The highest BCUT2D eigenvalue weighted by atomic mass is 32.2. The van der Waals surface area contributed by atoms with Crippen molar-refractivity contribution >= 4 is 27.5 Å². The first kappa shape index (κ1) is 19.2. The van der Waals surface area contributed by atoms with Crippen molar-refractivity contribution < 1.29 is 17.9 Å². The van der Waals surface area contributed by atoms with Gasteiger partial charge in [0.25, 0.3) is 5.91 Å². The summed E-state index contributed by atoms with van der Waals surface area (Å²) in [6, 6.07) is 12.5. The molecule has 0 bridgehead atoms. The number of carbonyl (C=O) groups is 1. The summed E-state index contributed by atoms with van der Waals surface area (Å²) in [5.41, 5.74) is 2.51. The second kappa shape index (κ2) is 7.96. The van der Waals surface area contributed by atoms with Crippen LogP contribution in [0.5, 0.6) is 5.75 Å². The van der Waals surface area contributed by atoms with Crippen molar-refractivity contribution in [3.8, 4) is 5.75 Å². The largest absolute Gasteiger partial charge is 0.493 e. The van der Waals surface area contributed by atoms with E-state index < -0.39 is 9.84 Å². The summed E-state index contributed by atoms with van der Waals surface area (Å²) in [6.45, 7) is 3.09. The van der Waals surface area contributed by atoms with Crippen molar-refractivity contribution in [1.29, 1.82) is 0 Å². The van der Waals surface area contributed by atoms with Crippen LogP contribution in [0.15, 0.2) is 53.4 Å². The predicted molar refractivity (Wildman–Crippen MR) is 107 cm³/mol. The van der Waals surface area contributed by atoms with Crippen molar-refractivity contribution in [3.05, 3.63) is 59.7 Å². The number of amides is 1. The Hall–Kier alpha value is -2.60. The van der Waals surface area contributed by atoms with E-state index >= 15 is 0 Å². The molecule has 0 unspecified atom stereocenters. The Labute approximate surface area is 160 Å². The van der Waals surface area contributed by atoms with E-state index in [2.05, 4.69) is 0 Å². The molecule has 2 aromatic carbocycles. The maximum atomic E-state index is 12.8. The number of benzene rings is 2. The molecular weight excluding hydrogens is 362 g/mol. The molecular formula is C21H23NO4S. The summed E-state index contributed by atoms with van der Waals surface area (Å²) in [5, 5.41) is 0. The van der Waals surface area contributed by atoms with E-state index in [-0.39, 0.29) is 10.8 Å². The Kier molecular flexibility index (Phi) is 5.65. The van der Waals surface area contributed by atoms with Gasteiger partial charge in [-0.3, -0.25) is 4.79 Å². The molecule has 1 heterocycles. The fourth-order valence-corrected chi connectivity index (χ4v) is 3.86. The Balaban J connectivity index is 1.85. The summed E-state index contributed by atoms with van der Waals surface area (Å²) < 4.78 is 29.1. The number of fused-ring (bicyclic) bond motifs is 1. The first-order valence-corrected chi connectivity index (χ1v) is 10.8. The van der Waals surface area contributed by atoms with E-state index in [0.29, 0.717) is 13.2 Å². The number of para-hydroxylation sites is 1. The van der Waals surface area contributed by atoms with E-state index in [1.807, 2.05) is 31.2 Å². The van der Waals surface area contributed by atoms with Crippen LogP contribution < -0.4 is 9.64 Å². The number of sulfone groups is 1. The van der Waals surface area contributed by atoms with Gasteiger partial charge in [-0.15, -0.1) is 0 Å². The topological polar surface area (TPSA) is 63.7 Å². The first-order valence-electron chi connectivity index (χ1n) is 8.94. The van der Waals surface area contributed by atoms with Gasteiger partial charge < -0.3 is 9.64 Å². The molecule has 0 atom stereocenters. The molecule has 0 aliphatic carbocycles. The van der Waals surface area contributed by atoms with E-state index in [4.69, 9.17) is 4.74 Å². The lowest BCUT2D eigenvalue weighted by Gasteiger charge is -2.29. The number of hydrogen-bond acceptors (Lipinski definition) is 4. The lowest BCUT2D eigenvalue weighted by Crippen LogP contribution is -2.34. The number of nitrogens with zero attached hydrogens (tertiary/aromatic N) is 1. The molecule has 1 aliphatic heterocycles. The Morgan fingerprint density at radius 2 is 2.00 bits per heavy atom. The van der Waals surface area contributed by atoms with Crippen molar-refractivity contribution in [3.63, 3.8) is 0 Å². The minimum absolute atomic E-state index is 0.130. The van der Waals surface area contributed by atoms with Gasteiger partial charge in [0.15, 0.2) is 9.84 Å². The molecule has 6 heteroatoms. The van der Waals surface area contributed by atoms with Gasteiger partial charge in [-0.1, -0.05) is 18.2 Å². The van der Waals surface area contributed by atoms with Crippen molar-refractivity contribution in [2.24, 2.45) is 0 Å². The number of anilines is 1. The Morgan fingerprint density at radius 1 is 1.22 bits per heavy atom. The molecule has 27 heavy (non-hydrogen) atoms. The fourth-order valence-electron chi connectivity index (χ4n) is 3.19. The smallest absolute Gasteiger partial charge is 0.250 e. The molecule has 0 saturated carbocycles. The quantitative estimate of drug-likeness (QED) is 0.739. The van der Waals surface area contributed by atoms with Crippen LogP contribution in [0, 0.1) is 0 Å². The Bertz CT molecular complexity index is 979. The standard InChI is InChI=1S/C21H23NO4S/c1-3-26-20-9-5-4-7-16(20)10-13-21(23)22-14-6-8-17-15-18(27(2,24)25)11-12-19(17)22/h4-5,7,9-13,15H,3,6,8,14H2,1-2H3/b13-10+. The summed E-state index contributed by atoms with van der Waals surface area (Å²) >= 11 is 0. The maximum Gasteiger partial charge on any atom is 0.250 e. The minimum Gasteiger partial charge on any atom is -0.493 e. The molecule has 5 nitrogen and oxygen atoms in total. The van der Waals surface area contributed by atoms with Gasteiger partial charge >= 0.3 is 0 Å². The van der Waals surface area contributed by atoms with Gasteiger partial charge in [0.2, 0.25) is 0 Å². The highest BCUT2D eigenvalue weighted by Crippen LogP contribution is 2.30. The molecule has 2 aromatic rings. The predicted octanol–water partition coefficient (Wildman–Crippen LogP) is 3.48. The zero-order chi connectivity index (χ0) is 19.4. The lowest BCUT2D eigenvalue weighted by molar-refractivity contribution is -0.114. The van der Waals surface area contributed by atoms with Crippen LogP contribution in [0.2, 0.25) is 0 Å². The summed E-state index contributed by atoms with van der Waals surface area (Å²) in [7, 11) is -3.26. The van der Waals surface area contributed by atoms with Crippen LogP contribution in [0.4, 0.5) is 5.69 Å². The molecule has 0 saturated heterocycles. The third-order valence-electron chi connectivity index (χ3n) is 4.49. The molecule has 1 aliphatic rings. The van der Waals surface area contributed by atoms with Crippen LogP contribution >= 0.6 is 0 Å². The zero-order valence-electron chi connectivity index (χ0n) is 15.5. The summed E-state index contributed by atoms with van der Waals surface area (Å²) in [6.07, 6.45) is 6.05. The van der Waals surface area contributed by atoms with Gasteiger partial charge in [-0.2, -0.15) is 0 Å². The second-order valence-corrected chi connectivity index (χ2v) is 8.48. The first-order chi connectivity index (χ1) is 12.9. The number of carbonyl (C=O) groups excluding carboxylic acids is 1.